The topological polar surface area (TPSA) is 81.8 Å². The van der Waals surface area contributed by atoms with E-state index in [2.05, 4.69) is 0 Å². The Bertz CT molecular complexity index is 552. The monoisotopic (exact) mass is 309 g/mol. The van der Waals surface area contributed by atoms with Crippen LogP contribution in [-0.4, -0.2) is 29.3 Å². The van der Waals surface area contributed by atoms with Gasteiger partial charge in [0.15, 0.2) is 0 Å². The molecule has 0 saturated carbocycles. The summed E-state index contributed by atoms with van der Waals surface area (Å²) >= 11 is 0. The molecular formula is C17H27NO4. The van der Waals surface area contributed by atoms with Crippen molar-refractivity contribution in [3.63, 3.8) is 0 Å². The highest BCUT2D eigenvalue weighted by molar-refractivity contribution is 5.71. The molecule has 0 spiro atoms. The first-order valence-corrected chi connectivity index (χ1v) is 7.43. The van der Waals surface area contributed by atoms with Crippen LogP contribution in [0.1, 0.15) is 43.9 Å². The van der Waals surface area contributed by atoms with Gasteiger partial charge in [0.1, 0.15) is 17.1 Å². The van der Waals surface area contributed by atoms with Crippen LogP contribution in [0.3, 0.4) is 0 Å². The number of aliphatic hydroxyl groups excluding tert-OH is 1. The molecule has 1 aromatic rings. The van der Waals surface area contributed by atoms with Crippen molar-refractivity contribution in [3.8, 4) is 11.5 Å². The molecule has 3 N–H and O–H groups in total. The van der Waals surface area contributed by atoms with Crippen molar-refractivity contribution >= 4 is 5.97 Å². The summed E-state index contributed by atoms with van der Waals surface area (Å²) in [5.74, 6) is 0.961. The van der Waals surface area contributed by atoms with Crippen LogP contribution in [0.25, 0.3) is 0 Å². The summed E-state index contributed by atoms with van der Waals surface area (Å²) in [4.78, 5) is 11.2. The summed E-state index contributed by atoms with van der Waals surface area (Å²) in [6.07, 6.45) is -0.162. The van der Waals surface area contributed by atoms with Crippen LogP contribution in [0.5, 0.6) is 11.5 Å². The van der Waals surface area contributed by atoms with E-state index in [1.54, 1.807) is 0 Å². The lowest BCUT2D eigenvalue weighted by Gasteiger charge is -2.30. The van der Waals surface area contributed by atoms with Crippen LogP contribution in [0.4, 0.5) is 0 Å². The predicted octanol–water partition coefficient (Wildman–Crippen LogP) is 2.40. The quantitative estimate of drug-likeness (QED) is 0.623. The SMILES string of the molecule is CC(=O)Oc1c(C)cc(OC(C)(C)CC(O)CN)c(C)c1C. The van der Waals surface area contributed by atoms with Crippen LogP contribution in [0.2, 0.25) is 0 Å². The van der Waals surface area contributed by atoms with E-state index in [1.807, 2.05) is 40.7 Å². The maximum absolute atomic E-state index is 11.2. The molecule has 5 nitrogen and oxygen atoms in total. The Morgan fingerprint density at radius 3 is 2.41 bits per heavy atom. The van der Waals surface area contributed by atoms with Crippen molar-refractivity contribution in [3.05, 3.63) is 22.8 Å². The van der Waals surface area contributed by atoms with Gasteiger partial charge in [0, 0.05) is 19.9 Å². The highest BCUT2D eigenvalue weighted by Crippen LogP contribution is 2.35. The second-order valence-corrected chi connectivity index (χ2v) is 6.32. The van der Waals surface area contributed by atoms with Gasteiger partial charge in [-0.2, -0.15) is 0 Å². The highest BCUT2D eigenvalue weighted by atomic mass is 16.5. The van der Waals surface area contributed by atoms with Crippen LogP contribution in [0, 0.1) is 20.8 Å². The van der Waals surface area contributed by atoms with Crippen molar-refractivity contribution in [1.82, 2.24) is 0 Å². The molecule has 22 heavy (non-hydrogen) atoms. The molecule has 1 rings (SSSR count). The number of aliphatic hydroxyl groups is 1. The Kier molecular flexibility index (Phi) is 5.97. The lowest BCUT2D eigenvalue weighted by Crippen LogP contribution is -2.36. The van der Waals surface area contributed by atoms with Gasteiger partial charge in [0.25, 0.3) is 0 Å². The maximum Gasteiger partial charge on any atom is 0.308 e. The number of hydrogen-bond acceptors (Lipinski definition) is 5. The number of carbonyl (C=O) groups is 1. The summed E-state index contributed by atoms with van der Waals surface area (Å²) in [7, 11) is 0. The van der Waals surface area contributed by atoms with Crippen LogP contribution >= 0.6 is 0 Å². The molecule has 0 saturated heterocycles. The number of benzene rings is 1. The van der Waals surface area contributed by atoms with Gasteiger partial charge >= 0.3 is 5.97 Å². The lowest BCUT2D eigenvalue weighted by atomic mass is 9.99. The van der Waals surface area contributed by atoms with E-state index in [1.165, 1.54) is 6.92 Å². The molecule has 0 bridgehead atoms. The summed E-state index contributed by atoms with van der Waals surface area (Å²) in [6, 6.07) is 1.86. The molecule has 0 aliphatic carbocycles. The van der Waals surface area contributed by atoms with Crippen molar-refractivity contribution in [1.29, 1.82) is 0 Å². The number of aryl methyl sites for hydroxylation is 1. The van der Waals surface area contributed by atoms with Crippen molar-refractivity contribution in [2.24, 2.45) is 5.73 Å². The van der Waals surface area contributed by atoms with E-state index in [0.29, 0.717) is 12.2 Å². The number of hydrogen-bond donors (Lipinski definition) is 2. The standard InChI is InChI=1S/C17H27NO4/c1-10-7-15(22-17(5,6)8-14(20)9-18)11(2)12(3)16(10)21-13(4)19/h7,14,20H,8-9,18H2,1-6H3. The van der Waals surface area contributed by atoms with Crippen LogP contribution in [0.15, 0.2) is 6.07 Å². The molecule has 1 atom stereocenters. The van der Waals surface area contributed by atoms with E-state index >= 15 is 0 Å². The third-order valence-electron chi connectivity index (χ3n) is 3.61. The number of carbonyl (C=O) groups excluding carboxylic acids is 1. The number of rotatable bonds is 6. The van der Waals surface area contributed by atoms with Gasteiger partial charge in [-0.3, -0.25) is 4.79 Å². The second kappa shape index (κ2) is 7.11. The molecule has 1 aromatic carbocycles. The van der Waals surface area contributed by atoms with E-state index < -0.39 is 11.7 Å². The largest absolute Gasteiger partial charge is 0.487 e. The molecule has 0 heterocycles. The molecule has 0 aliphatic rings. The molecule has 124 valence electrons. The van der Waals surface area contributed by atoms with Crippen molar-refractivity contribution < 1.29 is 19.4 Å². The minimum Gasteiger partial charge on any atom is -0.487 e. The fourth-order valence-electron chi connectivity index (χ4n) is 2.42. The van der Waals surface area contributed by atoms with Gasteiger partial charge in [-0.25, -0.2) is 0 Å². The number of nitrogens with two attached hydrogens (primary N) is 1. The summed E-state index contributed by atoms with van der Waals surface area (Å²) in [6.45, 7) is 11.1. The zero-order valence-electron chi connectivity index (χ0n) is 14.3. The Hall–Kier alpha value is -1.59. The van der Waals surface area contributed by atoms with Gasteiger partial charge in [-0.05, 0) is 57.4 Å². The molecule has 0 radical (unpaired) electrons. The summed E-state index contributed by atoms with van der Waals surface area (Å²) < 4.78 is 11.3. The lowest BCUT2D eigenvalue weighted by molar-refractivity contribution is -0.132. The number of esters is 1. The molecule has 1 unspecified atom stereocenters. The molecule has 0 fully saturated rings. The zero-order chi connectivity index (χ0) is 17.1. The van der Waals surface area contributed by atoms with E-state index in [9.17, 15) is 9.90 Å². The van der Waals surface area contributed by atoms with Gasteiger partial charge in [-0.1, -0.05) is 0 Å². The first-order valence-electron chi connectivity index (χ1n) is 7.43. The fourth-order valence-corrected chi connectivity index (χ4v) is 2.42. The van der Waals surface area contributed by atoms with E-state index in [4.69, 9.17) is 15.2 Å². The Morgan fingerprint density at radius 2 is 1.91 bits per heavy atom. The Morgan fingerprint density at radius 1 is 1.32 bits per heavy atom. The van der Waals surface area contributed by atoms with Crippen molar-refractivity contribution in [2.75, 3.05) is 6.54 Å². The van der Waals surface area contributed by atoms with Gasteiger partial charge in [0.2, 0.25) is 0 Å². The van der Waals surface area contributed by atoms with E-state index in [0.717, 1.165) is 22.4 Å². The normalized spacial score (nSPS) is 12.9. The molecule has 0 aromatic heterocycles. The first-order chi connectivity index (χ1) is 10.1. The maximum atomic E-state index is 11.2. The van der Waals surface area contributed by atoms with Crippen molar-refractivity contribution in [2.45, 2.75) is 59.7 Å². The summed E-state index contributed by atoms with van der Waals surface area (Å²) in [5, 5.41) is 9.73. The molecule has 0 aliphatic heterocycles. The van der Waals surface area contributed by atoms with Crippen LogP contribution < -0.4 is 15.2 Å². The van der Waals surface area contributed by atoms with Gasteiger partial charge in [-0.15, -0.1) is 0 Å². The second-order valence-electron chi connectivity index (χ2n) is 6.32. The smallest absolute Gasteiger partial charge is 0.308 e. The Balaban J connectivity index is 3.09. The molecule has 5 heteroatoms. The average Bonchev–Trinajstić information content (AvgIpc) is 2.39. The van der Waals surface area contributed by atoms with Gasteiger partial charge < -0.3 is 20.3 Å². The minimum absolute atomic E-state index is 0.204. The predicted molar refractivity (Wildman–Crippen MR) is 86.3 cm³/mol. The van der Waals surface area contributed by atoms with Crippen LogP contribution in [-0.2, 0) is 4.79 Å². The van der Waals surface area contributed by atoms with Gasteiger partial charge in [0.05, 0.1) is 6.10 Å². The Labute approximate surface area is 132 Å². The first kappa shape index (κ1) is 18.5. The van der Waals surface area contributed by atoms with E-state index in [-0.39, 0.29) is 12.5 Å². The third-order valence-corrected chi connectivity index (χ3v) is 3.61. The molecular weight excluding hydrogens is 282 g/mol. The molecule has 0 amide bonds. The number of ether oxygens (including phenoxy) is 2. The zero-order valence-corrected chi connectivity index (χ0v) is 14.3. The summed E-state index contributed by atoms with van der Waals surface area (Å²) in [5.41, 5.74) is 7.54. The third kappa shape index (κ3) is 4.71. The average molecular weight is 309 g/mol. The highest BCUT2D eigenvalue weighted by Gasteiger charge is 2.25. The minimum atomic E-state index is -0.599. The fraction of sp³-hybridized carbons (Fsp3) is 0.588.